The van der Waals surface area contributed by atoms with Crippen LogP contribution >= 0.6 is 0 Å². The molecular weight excluding hydrogens is 423 g/mol. The maximum absolute atomic E-state index is 12.7. The lowest BCUT2D eigenvalue weighted by Crippen LogP contribution is -2.48. The van der Waals surface area contributed by atoms with E-state index >= 15 is 0 Å². The molecule has 1 amide bonds. The minimum atomic E-state index is -4.39. The Hall–Kier alpha value is -2.85. The Morgan fingerprint density at radius 2 is 1.62 bits per heavy atom. The molecule has 1 aromatic carbocycles. The Labute approximate surface area is 184 Å². The van der Waals surface area contributed by atoms with E-state index in [-0.39, 0.29) is 12.5 Å². The minimum Gasteiger partial charge on any atom is -0.378 e. The second-order valence-electron chi connectivity index (χ2n) is 7.86. The van der Waals surface area contributed by atoms with Crippen molar-refractivity contribution in [3.63, 3.8) is 0 Å². The van der Waals surface area contributed by atoms with E-state index < -0.39 is 11.7 Å². The van der Waals surface area contributed by atoms with E-state index in [2.05, 4.69) is 15.2 Å². The van der Waals surface area contributed by atoms with Crippen molar-refractivity contribution >= 4 is 23.1 Å². The SMILES string of the molecule is O=C(CN1CCN(c2ccc(C(F)(F)F)cn2)CC1)Nc1ccc(N2CCOCC2)cc1. The molecule has 7 nitrogen and oxygen atoms in total. The number of carbonyl (C=O) groups excluding carboxylic acids is 1. The molecule has 0 atom stereocenters. The first-order chi connectivity index (χ1) is 15.4. The highest BCUT2D eigenvalue weighted by Gasteiger charge is 2.31. The van der Waals surface area contributed by atoms with Crippen molar-refractivity contribution in [1.29, 1.82) is 0 Å². The highest BCUT2D eigenvalue weighted by atomic mass is 19.4. The summed E-state index contributed by atoms with van der Waals surface area (Å²) in [5.41, 5.74) is 1.11. The lowest BCUT2D eigenvalue weighted by molar-refractivity contribution is -0.137. The van der Waals surface area contributed by atoms with Crippen molar-refractivity contribution in [2.75, 3.05) is 74.1 Å². The van der Waals surface area contributed by atoms with Crippen LogP contribution in [0.1, 0.15) is 5.56 Å². The smallest absolute Gasteiger partial charge is 0.378 e. The van der Waals surface area contributed by atoms with Crippen molar-refractivity contribution in [1.82, 2.24) is 9.88 Å². The Bertz CT molecular complexity index is 891. The number of nitrogens with zero attached hydrogens (tertiary/aromatic N) is 4. The number of rotatable bonds is 5. The summed E-state index contributed by atoms with van der Waals surface area (Å²) in [5, 5.41) is 2.93. The van der Waals surface area contributed by atoms with Crippen LogP contribution in [-0.4, -0.2) is 74.8 Å². The number of hydrogen-bond donors (Lipinski definition) is 1. The van der Waals surface area contributed by atoms with Gasteiger partial charge in [0.25, 0.3) is 0 Å². The van der Waals surface area contributed by atoms with Gasteiger partial charge in [0.2, 0.25) is 5.91 Å². The fourth-order valence-electron chi connectivity index (χ4n) is 3.86. The molecule has 2 aromatic rings. The van der Waals surface area contributed by atoms with Crippen molar-refractivity contribution in [3.8, 4) is 0 Å². The molecule has 0 radical (unpaired) electrons. The molecule has 2 aliphatic rings. The van der Waals surface area contributed by atoms with Crippen LogP contribution in [0.2, 0.25) is 0 Å². The molecule has 2 saturated heterocycles. The number of halogens is 3. The predicted octanol–water partition coefficient (Wildman–Crippen LogP) is 2.70. The summed E-state index contributed by atoms with van der Waals surface area (Å²) in [5.74, 6) is 0.424. The Morgan fingerprint density at radius 1 is 0.938 bits per heavy atom. The van der Waals surface area contributed by atoms with Gasteiger partial charge in [-0.3, -0.25) is 9.69 Å². The summed E-state index contributed by atoms with van der Waals surface area (Å²) in [6, 6.07) is 10.2. The number of pyridine rings is 1. The standard InChI is InChI=1S/C22H26F3N5O2/c23-22(24,25)17-1-6-20(26-15-17)30-9-7-28(8-10-30)16-21(31)27-18-2-4-19(5-3-18)29-11-13-32-14-12-29/h1-6,15H,7-14,16H2,(H,27,31). The fourth-order valence-corrected chi connectivity index (χ4v) is 3.86. The highest BCUT2D eigenvalue weighted by molar-refractivity contribution is 5.92. The van der Waals surface area contributed by atoms with Gasteiger partial charge in [-0.15, -0.1) is 0 Å². The highest BCUT2D eigenvalue weighted by Crippen LogP contribution is 2.29. The normalized spacial score (nSPS) is 18.0. The van der Waals surface area contributed by atoms with E-state index in [1.54, 1.807) is 0 Å². The number of carbonyl (C=O) groups is 1. The van der Waals surface area contributed by atoms with E-state index in [0.29, 0.717) is 32.0 Å². The zero-order valence-corrected chi connectivity index (χ0v) is 17.6. The maximum Gasteiger partial charge on any atom is 0.417 e. The van der Waals surface area contributed by atoms with Crippen LogP contribution in [0.15, 0.2) is 42.6 Å². The van der Waals surface area contributed by atoms with Crippen molar-refractivity contribution < 1.29 is 22.7 Å². The molecule has 2 fully saturated rings. The molecule has 2 aliphatic heterocycles. The second-order valence-corrected chi connectivity index (χ2v) is 7.86. The maximum atomic E-state index is 12.7. The quantitative estimate of drug-likeness (QED) is 0.758. The molecule has 0 bridgehead atoms. The van der Waals surface area contributed by atoms with E-state index in [9.17, 15) is 18.0 Å². The number of ether oxygens (including phenoxy) is 1. The number of alkyl halides is 3. The molecule has 172 valence electrons. The third kappa shape index (κ3) is 5.68. The lowest BCUT2D eigenvalue weighted by atomic mass is 10.2. The number of morpholine rings is 1. The molecule has 0 saturated carbocycles. The van der Waals surface area contributed by atoms with Crippen molar-refractivity contribution in [2.45, 2.75) is 6.18 Å². The number of aromatic nitrogens is 1. The van der Waals surface area contributed by atoms with Crippen LogP contribution < -0.4 is 15.1 Å². The molecule has 10 heteroatoms. The third-order valence-corrected chi connectivity index (χ3v) is 5.67. The largest absolute Gasteiger partial charge is 0.417 e. The summed E-state index contributed by atoms with van der Waals surface area (Å²) in [6.07, 6.45) is -3.53. The van der Waals surface area contributed by atoms with E-state index in [4.69, 9.17) is 4.74 Å². The summed E-state index contributed by atoms with van der Waals surface area (Å²) in [4.78, 5) is 22.6. The van der Waals surface area contributed by atoms with Crippen LogP contribution in [0.5, 0.6) is 0 Å². The molecular formula is C22H26F3N5O2. The first kappa shape index (κ1) is 22.3. The monoisotopic (exact) mass is 449 g/mol. The van der Waals surface area contributed by atoms with Crippen molar-refractivity contribution in [2.24, 2.45) is 0 Å². The van der Waals surface area contributed by atoms with Gasteiger partial charge in [-0.2, -0.15) is 13.2 Å². The van der Waals surface area contributed by atoms with Gasteiger partial charge >= 0.3 is 6.18 Å². The van der Waals surface area contributed by atoms with E-state index in [1.165, 1.54) is 6.07 Å². The van der Waals surface area contributed by atoms with Gasteiger partial charge in [-0.25, -0.2) is 4.98 Å². The van der Waals surface area contributed by atoms with Crippen LogP contribution in [0.3, 0.4) is 0 Å². The van der Waals surface area contributed by atoms with Gasteiger partial charge in [0.15, 0.2) is 0 Å². The molecule has 4 rings (SSSR count). The number of hydrogen-bond acceptors (Lipinski definition) is 6. The predicted molar refractivity (Wildman–Crippen MR) is 116 cm³/mol. The zero-order chi connectivity index (χ0) is 22.6. The molecule has 1 aromatic heterocycles. The minimum absolute atomic E-state index is 0.0924. The number of amides is 1. The van der Waals surface area contributed by atoms with Gasteiger partial charge < -0.3 is 19.9 Å². The summed E-state index contributed by atoms with van der Waals surface area (Å²) >= 11 is 0. The van der Waals surface area contributed by atoms with Gasteiger partial charge in [0.05, 0.1) is 25.3 Å². The van der Waals surface area contributed by atoms with Crippen molar-refractivity contribution in [3.05, 3.63) is 48.2 Å². The molecule has 3 heterocycles. The van der Waals surface area contributed by atoms with Gasteiger partial charge in [0.1, 0.15) is 5.82 Å². The van der Waals surface area contributed by atoms with Crippen LogP contribution in [-0.2, 0) is 15.7 Å². The van der Waals surface area contributed by atoms with Gasteiger partial charge in [-0.1, -0.05) is 0 Å². The number of piperazine rings is 1. The molecule has 1 N–H and O–H groups in total. The van der Waals surface area contributed by atoms with Gasteiger partial charge in [0, 0.05) is 56.8 Å². The lowest BCUT2D eigenvalue weighted by Gasteiger charge is -2.35. The first-order valence-corrected chi connectivity index (χ1v) is 10.6. The van der Waals surface area contributed by atoms with Crippen LogP contribution in [0.4, 0.5) is 30.4 Å². The average Bonchev–Trinajstić information content (AvgIpc) is 2.80. The summed E-state index contributed by atoms with van der Waals surface area (Å²) in [7, 11) is 0. The zero-order valence-electron chi connectivity index (χ0n) is 17.6. The van der Waals surface area contributed by atoms with Gasteiger partial charge in [-0.05, 0) is 36.4 Å². The number of benzene rings is 1. The molecule has 0 unspecified atom stereocenters. The number of nitrogens with one attached hydrogen (secondary N) is 1. The topological polar surface area (TPSA) is 60.9 Å². The molecule has 32 heavy (non-hydrogen) atoms. The Balaban J connectivity index is 1.23. The summed E-state index contributed by atoms with van der Waals surface area (Å²) < 4.78 is 43.4. The van der Waals surface area contributed by atoms with E-state index in [1.807, 2.05) is 34.1 Å². The Morgan fingerprint density at radius 3 is 2.22 bits per heavy atom. The average molecular weight is 449 g/mol. The third-order valence-electron chi connectivity index (χ3n) is 5.67. The fraction of sp³-hybridized carbons (Fsp3) is 0.455. The number of anilines is 3. The first-order valence-electron chi connectivity index (χ1n) is 10.6. The van der Waals surface area contributed by atoms with Crippen LogP contribution in [0.25, 0.3) is 0 Å². The molecule has 0 spiro atoms. The molecule has 0 aliphatic carbocycles. The Kier molecular flexibility index (Phi) is 6.80. The van der Waals surface area contributed by atoms with Crippen LogP contribution in [0, 0.1) is 0 Å². The second kappa shape index (κ2) is 9.74. The van der Waals surface area contributed by atoms with E-state index in [0.717, 1.165) is 49.9 Å². The summed E-state index contributed by atoms with van der Waals surface area (Å²) in [6.45, 7) is 5.89.